The molecule has 2 aromatic rings. The van der Waals surface area contributed by atoms with Gasteiger partial charge in [0.2, 0.25) is 0 Å². The summed E-state index contributed by atoms with van der Waals surface area (Å²) in [5.41, 5.74) is 7.71. The molecule has 0 unspecified atom stereocenters. The van der Waals surface area contributed by atoms with Gasteiger partial charge in [0.15, 0.2) is 0 Å². The third-order valence-corrected chi connectivity index (χ3v) is 7.99. The van der Waals surface area contributed by atoms with Gasteiger partial charge in [0.05, 0.1) is 29.4 Å². The third-order valence-electron chi connectivity index (χ3n) is 7.70. The van der Waals surface area contributed by atoms with Gasteiger partial charge in [-0.15, -0.1) is 0 Å². The van der Waals surface area contributed by atoms with Crippen LogP contribution >= 0.6 is 11.6 Å². The number of nitrogens with zero attached hydrogens (tertiary/aromatic N) is 3. The number of nitrogens with two attached hydrogens (primary N) is 1. The molecule has 2 bridgehead atoms. The van der Waals surface area contributed by atoms with Crippen LogP contribution in [0, 0.1) is 11.2 Å². The lowest BCUT2D eigenvalue weighted by Crippen LogP contribution is -2.59. The fourth-order valence-electron chi connectivity index (χ4n) is 5.46. The molecule has 7 nitrogen and oxygen atoms in total. The van der Waals surface area contributed by atoms with Crippen LogP contribution in [0.15, 0.2) is 18.2 Å². The van der Waals surface area contributed by atoms with Crippen LogP contribution in [0.5, 0.6) is 0 Å². The molecule has 1 aliphatic heterocycles. The van der Waals surface area contributed by atoms with E-state index in [1.165, 1.54) is 18.2 Å². The molecule has 1 aromatic carbocycles. The minimum atomic E-state index is -0.638. The number of aromatic nitrogens is 2. The molecule has 0 saturated heterocycles. The van der Waals surface area contributed by atoms with Crippen LogP contribution in [0.3, 0.4) is 0 Å². The molecule has 3 amide bonds. The third kappa shape index (κ3) is 3.54. The summed E-state index contributed by atoms with van der Waals surface area (Å²) in [6.07, 6.45) is 6.50. The number of rotatable bonds is 3. The highest BCUT2D eigenvalue weighted by Crippen LogP contribution is 2.52. The molecule has 0 spiro atoms. The van der Waals surface area contributed by atoms with Crippen molar-refractivity contribution < 1.29 is 14.0 Å². The summed E-state index contributed by atoms with van der Waals surface area (Å²) in [5, 5.41) is 7.81. The lowest BCUT2D eigenvalue weighted by atomic mass is 9.58. The zero-order valence-corrected chi connectivity index (χ0v) is 18.8. The van der Waals surface area contributed by atoms with Gasteiger partial charge >= 0.3 is 6.03 Å². The van der Waals surface area contributed by atoms with E-state index in [0.29, 0.717) is 35.5 Å². The number of benzene rings is 1. The maximum Gasteiger partial charge on any atom is 0.318 e. The molecular formula is C23H27ClFN5O2. The normalized spacial score (nSPS) is 26.7. The number of amides is 3. The Morgan fingerprint density at radius 3 is 2.47 bits per heavy atom. The van der Waals surface area contributed by atoms with Gasteiger partial charge in [-0.2, -0.15) is 5.10 Å². The molecule has 3 aliphatic carbocycles. The Labute approximate surface area is 191 Å². The van der Waals surface area contributed by atoms with Crippen molar-refractivity contribution in [3.8, 4) is 11.3 Å². The first-order valence-corrected chi connectivity index (χ1v) is 11.5. The molecule has 0 radical (unpaired) electrons. The highest BCUT2D eigenvalue weighted by molar-refractivity contribution is 6.31. The number of fused-ring (bicyclic) bond motifs is 4. The van der Waals surface area contributed by atoms with Crippen molar-refractivity contribution in [2.24, 2.45) is 11.1 Å². The van der Waals surface area contributed by atoms with Crippen LogP contribution in [0.25, 0.3) is 11.3 Å². The van der Waals surface area contributed by atoms with Gasteiger partial charge in [-0.25, -0.2) is 9.18 Å². The molecule has 32 heavy (non-hydrogen) atoms. The summed E-state index contributed by atoms with van der Waals surface area (Å²) in [7, 11) is 0. The van der Waals surface area contributed by atoms with Crippen LogP contribution < -0.4 is 11.1 Å². The first-order valence-electron chi connectivity index (χ1n) is 11.1. The summed E-state index contributed by atoms with van der Waals surface area (Å²) in [5.74, 6) is -1.19. The smallest absolute Gasteiger partial charge is 0.318 e. The highest BCUT2D eigenvalue weighted by Gasteiger charge is 2.47. The number of carbonyl (C=O) groups is 2. The average Bonchev–Trinajstić information content (AvgIpc) is 3.16. The zero-order valence-electron chi connectivity index (χ0n) is 18.1. The molecule has 6 rings (SSSR count). The van der Waals surface area contributed by atoms with E-state index in [4.69, 9.17) is 17.3 Å². The topological polar surface area (TPSA) is 93.2 Å². The van der Waals surface area contributed by atoms with Crippen LogP contribution in [-0.2, 0) is 13.1 Å². The van der Waals surface area contributed by atoms with E-state index in [-0.39, 0.29) is 28.7 Å². The molecule has 4 aliphatic rings. The van der Waals surface area contributed by atoms with Gasteiger partial charge in [0.25, 0.3) is 5.91 Å². The SMILES string of the molecule is CC12CCC(NC(=O)N3CCn4nc(-c5ccc(F)c(Cl)c5)c(C(N)=O)c4C3)(CC1)CC2. The second-order valence-corrected chi connectivity index (χ2v) is 10.2. The summed E-state index contributed by atoms with van der Waals surface area (Å²) < 4.78 is 15.3. The lowest BCUT2D eigenvalue weighted by Gasteiger charge is -2.52. The summed E-state index contributed by atoms with van der Waals surface area (Å²) >= 11 is 5.93. The number of hydrogen-bond acceptors (Lipinski definition) is 3. The highest BCUT2D eigenvalue weighted by atomic mass is 35.5. The van der Waals surface area contributed by atoms with Crippen molar-refractivity contribution in [1.29, 1.82) is 0 Å². The summed E-state index contributed by atoms with van der Waals surface area (Å²) in [4.78, 5) is 27.3. The first-order chi connectivity index (χ1) is 15.2. The van der Waals surface area contributed by atoms with Gasteiger partial charge in [0.1, 0.15) is 11.5 Å². The van der Waals surface area contributed by atoms with Gasteiger partial charge in [-0.05, 0) is 62.1 Å². The van der Waals surface area contributed by atoms with Crippen LogP contribution in [-0.4, -0.2) is 38.7 Å². The Balaban J connectivity index is 1.39. The van der Waals surface area contributed by atoms with E-state index in [2.05, 4.69) is 17.3 Å². The maximum absolute atomic E-state index is 13.6. The van der Waals surface area contributed by atoms with Crippen LogP contribution in [0.4, 0.5) is 9.18 Å². The van der Waals surface area contributed by atoms with E-state index in [1.54, 1.807) is 9.58 Å². The minimum absolute atomic E-state index is 0.0554. The predicted molar refractivity (Wildman–Crippen MR) is 119 cm³/mol. The molecule has 1 aromatic heterocycles. The number of urea groups is 1. The monoisotopic (exact) mass is 459 g/mol. The van der Waals surface area contributed by atoms with E-state index < -0.39 is 11.7 Å². The van der Waals surface area contributed by atoms with Crippen LogP contribution in [0.2, 0.25) is 5.02 Å². The lowest BCUT2D eigenvalue weighted by molar-refractivity contribution is 0.0385. The van der Waals surface area contributed by atoms with Crippen molar-refractivity contribution in [3.05, 3.63) is 40.3 Å². The second-order valence-electron chi connectivity index (χ2n) is 9.83. The van der Waals surface area contributed by atoms with E-state index in [9.17, 15) is 14.0 Å². The molecular weight excluding hydrogens is 433 g/mol. The second kappa shape index (κ2) is 7.47. The van der Waals surface area contributed by atoms with Gasteiger partial charge in [-0.3, -0.25) is 9.48 Å². The van der Waals surface area contributed by atoms with Crippen molar-refractivity contribution in [1.82, 2.24) is 20.0 Å². The number of primary amides is 1. The first kappa shape index (κ1) is 21.2. The predicted octanol–water partition coefficient (Wildman–Crippen LogP) is 4.08. The fraction of sp³-hybridized carbons (Fsp3) is 0.522. The number of halogens is 2. The standard InChI is InChI=1S/C23H27ClFN5O2/c1-22-4-7-23(8-5-22,9-6-22)27-21(32)29-10-11-30-17(13-29)18(20(26)31)19(28-30)14-2-3-16(25)15(24)12-14/h2-3,12H,4-11,13H2,1H3,(H2,26,31)(H,27,32). The van der Waals surface area contributed by atoms with E-state index in [0.717, 1.165) is 38.5 Å². The van der Waals surface area contributed by atoms with Crippen molar-refractivity contribution in [2.75, 3.05) is 6.54 Å². The quantitative estimate of drug-likeness (QED) is 0.724. The Kier molecular flexibility index (Phi) is 4.96. The number of hydrogen-bond donors (Lipinski definition) is 2. The molecule has 3 N–H and O–H groups in total. The number of carbonyl (C=O) groups excluding carboxylic acids is 2. The molecule has 0 atom stereocenters. The summed E-state index contributed by atoms with van der Waals surface area (Å²) in [6.45, 7) is 3.51. The van der Waals surface area contributed by atoms with Crippen molar-refractivity contribution >= 4 is 23.5 Å². The Morgan fingerprint density at radius 1 is 1.16 bits per heavy atom. The van der Waals surface area contributed by atoms with Crippen molar-refractivity contribution in [2.45, 2.75) is 64.1 Å². The molecule has 9 heteroatoms. The minimum Gasteiger partial charge on any atom is -0.365 e. The largest absolute Gasteiger partial charge is 0.365 e. The molecule has 170 valence electrons. The summed E-state index contributed by atoms with van der Waals surface area (Å²) in [6, 6.07) is 4.08. The fourth-order valence-corrected chi connectivity index (χ4v) is 5.64. The van der Waals surface area contributed by atoms with Gasteiger partial charge in [-0.1, -0.05) is 18.5 Å². The van der Waals surface area contributed by atoms with Crippen molar-refractivity contribution in [3.63, 3.8) is 0 Å². The van der Waals surface area contributed by atoms with Crippen LogP contribution in [0.1, 0.15) is 61.5 Å². The molecule has 2 heterocycles. The average molecular weight is 460 g/mol. The molecule has 3 saturated carbocycles. The Morgan fingerprint density at radius 2 is 1.84 bits per heavy atom. The van der Waals surface area contributed by atoms with Gasteiger partial charge < -0.3 is 16.0 Å². The molecule has 3 fully saturated rings. The van der Waals surface area contributed by atoms with E-state index >= 15 is 0 Å². The Hall–Kier alpha value is -2.61. The van der Waals surface area contributed by atoms with Gasteiger partial charge in [0, 0.05) is 17.6 Å². The van der Waals surface area contributed by atoms with E-state index in [1.807, 2.05) is 0 Å². The maximum atomic E-state index is 13.6. The Bertz CT molecular complexity index is 1090. The number of nitrogens with one attached hydrogen (secondary N) is 1. The zero-order chi connectivity index (χ0) is 22.7.